The van der Waals surface area contributed by atoms with E-state index in [1.54, 1.807) is 0 Å². The normalized spacial score (nSPS) is 30.5. The van der Waals surface area contributed by atoms with Gasteiger partial charge in [-0.3, -0.25) is 0 Å². The van der Waals surface area contributed by atoms with Gasteiger partial charge < -0.3 is 20.4 Å². The van der Waals surface area contributed by atoms with Crippen LogP contribution >= 0.6 is 0 Å². The molecule has 0 radical (unpaired) electrons. The molecular weight excluding hydrogens is 148 g/mol. The van der Waals surface area contributed by atoms with Gasteiger partial charge in [-0.05, 0) is 12.8 Å². The van der Waals surface area contributed by atoms with Crippen LogP contribution in [-0.4, -0.2) is 39.4 Å². The summed E-state index contributed by atoms with van der Waals surface area (Å²) in [6.07, 6.45) is 2.81. The van der Waals surface area contributed by atoms with Crippen molar-refractivity contribution in [3.05, 3.63) is 0 Å². The van der Waals surface area contributed by atoms with Gasteiger partial charge in [0.15, 0.2) is 0 Å². The first kappa shape index (κ1) is 10.8. The van der Waals surface area contributed by atoms with E-state index in [9.17, 15) is 0 Å². The molecule has 4 nitrogen and oxygen atoms in total. The zero-order valence-electron chi connectivity index (χ0n) is 6.48. The maximum absolute atomic E-state index is 8.93. The fraction of sp³-hybridized carbons (Fsp3) is 1.00. The molecule has 1 aliphatic rings. The first-order valence-electron chi connectivity index (χ1n) is 3.80. The Morgan fingerprint density at radius 1 is 0.909 bits per heavy atom. The summed E-state index contributed by atoms with van der Waals surface area (Å²) in [7, 11) is 0. The van der Waals surface area contributed by atoms with Gasteiger partial charge in [0.05, 0.1) is 12.2 Å². The fourth-order valence-electron chi connectivity index (χ4n) is 1.09. The van der Waals surface area contributed by atoms with Crippen molar-refractivity contribution in [2.75, 3.05) is 6.79 Å². The molecule has 0 aromatic carbocycles. The van der Waals surface area contributed by atoms with Gasteiger partial charge in [0.2, 0.25) is 0 Å². The van der Waals surface area contributed by atoms with Crippen molar-refractivity contribution in [2.45, 2.75) is 37.9 Å². The molecule has 1 fully saturated rings. The molecule has 68 valence electrons. The summed E-state index contributed by atoms with van der Waals surface area (Å²) in [6.45, 7) is -0.750. The highest BCUT2D eigenvalue weighted by atomic mass is 16.5. The predicted octanol–water partition coefficient (Wildman–Crippen LogP) is -0.789. The smallest absolute Gasteiger partial charge is 0.140 e. The first-order valence-corrected chi connectivity index (χ1v) is 3.80. The molecule has 11 heavy (non-hydrogen) atoms. The summed E-state index contributed by atoms with van der Waals surface area (Å²) in [5.74, 6) is 0. The molecule has 0 aromatic rings. The average Bonchev–Trinajstić information content (AvgIpc) is 1.97. The third-order valence-corrected chi connectivity index (χ3v) is 1.69. The predicted molar refractivity (Wildman–Crippen MR) is 39.8 cm³/mol. The monoisotopic (exact) mass is 164 g/mol. The largest absolute Gasteiger partial charge is 0.390 e. The Bertz CT molecular complexity index is 76.5. The average molecular weight is 164 g/mol. The summed E-state index contributed by atoms with van der Waals surface area (Å²) in [4.78, 5) is 0. The Hall–Kier alpha value is -0.160. The molecule has 0 aromatic heterocycles. The van der Waals surface area contributed by atoms with Crippen LogP contribution in [0.3, 0.4) is 0 Å². The highest BCUT2D eigenvalue weighted by molar-refractivity contribution is 4.72. The van der Waals surface area contributed by atoms with Gasteiger partial charge in [-0.1, -0.05) is 12.8 Å². The maximum Gasteiger partial charge on any atom is 0.140 e. The lowest BCUT2D eigenvalue weighted by molar-refractivity contribution is -0.00865. The molecule has 1 rings (SSSR count). The van der Waals surface area contributed by atoms with Crippen LogP contribution in [0.15, 0.2) is 0 Å². The van der Waals surface area contributed by atoms with Crippen molar-refractivity contribution in [1.82, 2.24) is 0 Å². The van der Waals surface area contributed by atoms with Crippen LogP contribution in [0.2, 0.25) is 0 Å². The van der Waals surface area contributed by atoms with Gasteiger partial charge in [-0.25, -0.2) is 0 Å². The van der Waals surface area contributed by atoms with E-state index in [0.717, 1.165) is 25.7 Å². The van der Waals surface area contributed by atoms with Crippen LogP contribution in [0.1, 0.15) is 25.7 Å². The van der Waals surface area contributed by atoms with E-state index in [2.05, 4.69) is 0 Å². The molecule has 0 amide bonds. The molecule has 2 unspecified atom stereocenters. The number of hydrogen-bond donors (Lipinski definition) is 4. The van der Waals surface area contributed by atoms with Crippen molar-refractivity contribution in [3.63, 3.8) is 0 Å². The van der Waals surface area contributed by atoms with Gasteiger partial charge in [0, 0.05) is 0 Å². The zero-order valence-corrected chi connectivity index (χ0v) is 6.48. The molecule has 2 atom stereocenters. The number of hydrogen-bond acceptors (Lipinski definition) is 4. The molecule has 0 bridgehead atoms. The molecule has 1 aliphatic carbocycles. The highest BCUT2D eigenvalue weighted by Crippen LogP contribution is 2.17. The molecule has 0 spiro atoms. The Labute approximate surface area is 66.1 Å². The number of aliphatic hydroxyl groups excluding tert-OH is 3. The topological polar surface area (TPSA) is 80.9 Å². The molecule has 1 saturated carbocycles. The van der Waals surface area contributed by atoms with E-state index < -0.39 is 19.0 Å². The number of aliphatic hydroxyl groups is 4. The van der Waals surface area contributed by atoms with E-state index >= 15 is 0 Å². The van der Waals surface area contributed by atoms with Gasteiger partial charge in [0.1, 0.15) is 6.79 Å². The third-order valence-electron chi connectivity index (χ3n) is 1.69. The lowest BCUT2D eigenvalue weighted by atomic mass is 9.95. The van der Waals surface area contributed by atoms with Gasteiger partial charge in [-0.15, -0.1) is 0 Å². The van der Waals surface area contributed by atoms with Crippen molar-refractivity contribution in [1.29, 1.82) is 0 Å². The summed E-state index contributed by atoms with van der Waals surface area (Å²) in [6, 6.07) is 0. The molecule has 4 heteroatoms. The van der Waals surface area contributed by atoms with E-state index in [4.69, 9.17) is 20.4 Å². The second kappa shape index (κ2) is 6.54. The van der Waals surface area contributed by atoms with Crippen LogP contribution in [0, 0.1) is 0 Å². The fourth-order valence-corrected chi connectivity index (χ4v) is 1.09. The Kier molecular flexibility index (Phi) is 6.45. The van der Waals surface area contributed by atoms with Gasteiger partial charge in [-0.2, -0.15) is 0 Å². The summed E-state index contributed by atoms with van der Waals surface area (Å²) in [5.41, 5.74) is 0. The Balaban J connectivity index is 0.000000292. The van der Waals surface area contributed by atoms with Gasteiger partial charge >= 0.3 is 0 Å². The third kappa shape index (κ3) is 5.15. The van der Waals surface area contributed by atoms with Crippen molar-refractivity contribution in [2.24, 2.45) is 0 Å². The lowest BCUT2D eigenvalue weighted by Gasteiger charge is -2.22. The van der Waals surface area contributed by atoms with Crippen molar-refractivity contribution < 1.29 is 20.4 Å². The first-order chi connectivity index (χ1) is 5.22. The molecule has 0 heterocycles. The standard InChI is InChI=1S/C6H12O2.CH4O2/c7-5-3-1-2-4-6(5)8;2-1-3/h5-8H,1-4H2;2-3H,1H2. The molecular formula is C7H16O4. The minimum atomic E-state index is -0.750. The van der Waals surface area contributed by atoms with Crippen LogP contribution < -0.4 is 0 Å². The van der Waals surface area contributed by atoms with E-state index in [0.29, 0.717) is 0 Å². The van der Waals surface area contributed by atoms with Gasteiger partial charge in [0.25, 0.3) is 0 Å². The lowest BCUT2D eigenvalue weighted by Crippen LogP contribution is -2.28. The summed E-state index contributed by atoms with van der Waals surface area (Å²) >= 11 is 0. The highest BCUT2D eigenvalue weighted by Gasteiger charge is 2.19. The van der Waals surface area contributed by atoms with E-state index in [1.165, 1.54) is 0 Å². The second-order valence-corrected chi connectivity index (χ2v) is 2.56. The Morgan fingerprint density at radius 3 is 1.36 bits per heavy atom. The summed E-state index contributed by atoms with van der Waals surface area (Å²) in [5, 5.41) is 32.1. The van der Waals surface area contributed by atoms with E-state index in [1.807, 2.05) is 0 Å². The van der Waals surface area contributed by atoms with Crippen molar-refractivity contribution in [3.8, 4) is 0 Å². The molecule has 0 aliphatic heterocycles. The minimum absolute atomic E-state index is 0.441. The van der Waals surface area contributed by atoms with Crippen molar-refractivity contribution >= 4 is 0 Å². The van der Waals surface area contributed by atoms with Crippen LogP contribution in [0.5, 0.6) is 0 Å². The summed E-state index contributed by atoms with van der Waals surface area (Å²) < 4.78 is 0. The Morgan fingerprint density at radius 2 is 1.18 bits per heavy atom. The minimum Gasteiger partial charge on any atom is -0.390 e. The van der Waals surface area contributed by atoms with Crippen LogP contribution in [-0.2, 0) is 0 Å². The molecule has 0 saturated heterocycles. The van der Waals surface area contributed by atoms with Crippen LogP contribution in [0.25, 0.3) is 0 Å². The van der Waals surface area contributed by atoms with E-state index in [-0.39, 0.29) is 0 Å². The molecule has 4 N–H and O–H groups in total. The van der Waals surface area contributed by atoms with Crippen LogP contribution in [0.4, 0.5) is 0 Å². The maximum atomic E-state index is 8.93. The number of rotatable bonds is 0. The SMILES string of the molecule is OC1CCCCC1O.OCO. The zero-order chi connectivity index (χ0) is 8.69. The quantitative estimate of drug-likeness (QED) is 0.354. The second-order valence-electron chi connectivity index (χ2n) is 2.56.